The molecule has 0 unspecified atom stereocenters. The number of nitrogens with one attached hydrogen (secondary N) is 1. The molecule has 0 saturated heterocycles. The molecule has 5 heteroatoms. The molecule has 0 aliphatic rings. The van der Waals surface area contributed by atoms with Gasteiger partial charge in [0.15, 0.2) is 12.2 Å². The third-order valence-electron chi connectivity index (χ3n) is 1.35. The van der Waals surface area contributed by atoms with Crippen LogP contribution in [-0.2, 0) is 14.3 Å². The summed E-state index contributed by atoms with van der Waals surface area (Å²) < 4.78 is 17.5. The highest BCUT2D eigenvalue weighted by Crippen LogP contribution is 2.00. The highest BCUT2D eigenvalue weighted by atomic mass is 19.1. The van der Waals surface area contributed by atoms with E-state index in [9.17, 15) is 14.0 Å². The number of amides is 1. The predicted octanol–water partition coefficient (Wildman–Crippen LogP) is 0.0255. The summed E-state index contributed by atoms with van der Waals surface area (Å²) in [7, 11) is 0. The topological polar surface area (TPSA) is 55.4 Å². The summed E-state index contributed by atoms with van der Waals surface area (Å²) in [6.45, 7) is 2.84. The maximum Gasteiger partial charge on any atom is 0.332 e. The molecule has 0 heterocycles. The lowest BCUT2D eigenvalue weighted by atomic mass is 10.2. The number of carbonyl (C=O) groups excluding carboxylic acids is 2. The van der Waals surface area contributed by atoms with Crippen molar-refractivity contribution in [3.05, 3.63) is 0 Å². The van der Waals surface area contributed by atoms with Gasteiger partial charge >= 0.3 is 5.97 Å². The van der Waals surface area contributed by atoms with Crippen LogP contribution in [-0.4, -0.2) is 30.7 Å². The van der Waals surface area contributed by atoms with Gasteiger partial charge < -0.3 is 10.1 Å². The molecule has 4 nitrogen and oxygen atoms in total. The number of halogens is 1. The Morgan fingerprint density at radius 3 is 2.57 bits per heavy atom. The van der Waals surface area contributed by atoms with E-state index in [1.165, 1.54) is 0 Å². The number of carbonyl (C=O) groups is 2. The van der Waals surface area contributed by atoms with Gasteiger partial charge in [-0.1, -0.05) is 5.92 Å². The molecule has 2 atom stereocenters. The number of hydrogen-bond donors (Lipinski definition) is 1. The Morgan fingerprint density at radius 1 is 1.64 bits per heavy atom. The van der Waals surface area contributed by atoms with Crippen LogP contribution in [0, 0.1) is 12.3 Å². The molecule has 0 rings (SSSR count). The zero-order valence-electron chi connectivity index (χ0n) is 8.04. The quantitative estimate of drug-likeness (QED) is 0.515. The van der Waals surface area contributed by atoms with E-state index in [1.807, 2.05) is 0 Å². The zero-order chi connectivity index (χ0) is 11.1. The van der Waals surface area contributed by atoms with Gasteiger partial charge in [0.25, 0.3) is 0 Å². The third-order valence-corrected chi connectivity index (χ3v) is 1.35. The Balaban J connectivity index is 4.47. The Morgan fingerprint density at radius 2 is 2.21 bits per heavy atom. The SMILES string of the molecule is C#C[C@H](F)[C@@H](NC(C)=O)C(=O)OCC. The fourth-order valence-electron chi connectivity index (χ4n) is 0.799. The standard InChI is InChI=1S/C9H12FNO3/c1-4-7(10)8(11-6(3)12)9(13)14-5-2/h1,7-8H,5H2,2-3H3,(H,11,12)/t7-,8+/m0/s1. The predicted molar refractivity (Wildman–Crippen MR) is 48.0 cm³/mol. The maximum absolute atomic E-state index is 13.0. The summed E-state index contributed by atoms with van der Waals surface area (Å²) in [5.41, 5.74) is 0. The molecular formula is C9H12FNO3. The van der Waals surface area contributed by atoms with Crippen LogP contribution in [0.5, 0.6) is 0 Å². The van der Waals surface area contributed by atoms with Crippen molar-refractivity contribution in [1.29, 1.82) is 0 Å². The number of alkyl halides is 1. The summed E-state index contributed by atoms with van der Waals surface area (Å²) in [4.78, 5) is 21.7. The average molecular weight is 201 g/mol. The fourth-order valence-corrected chi connectivity index (χ4v) is 0.799. The van der Waals surface area contributed by atoms with E-state index in [1.54, 1.807) is 12.8 Å². The zero-order valence-corrected chi connectivity index (χ0v) is 8.04. The second-order valence-electron chi connectivity index (χ2n) is 2.50. The van der Waals surface area contributed by atoms with E-state index in [-0.39, 0.29) is 6.61 Å². The Kier molecular flexibility index (Phi) is 5.30. The monoisotopic (exact) mass is 201 g/mol. The van der Waals surface area contributed by atoms with Gasteiger partial charge in [0, 0.05) is 6.92 Å². The van der Waals surface area contributed by atoms with E-state index < -0.39 is 24.1 Å². The number of terminal acetylenes is 1. The van der Waals surface area contributed by atoms with Crippen LogP contribution >= 0.6 is 0 Å². The summed E-state index contributed by atoms with van der Waals surface area (Å²) >= 11 is 0. The van der Waals surface area contributed by atoms with E-state index in [0.717, 1.165) is 6.92 Å². The lowest BCUT2D eigenvalue weighted by Gasteiger charge is -2.16. The lowest BCUT2D eigenvalue weighted by Crippen LogP contribution is -2.46. The molecule has 14 heavy (non-hydrogen) atoms. The van der Waals surface area contributed by atoms with Crippen molar-refractivity contribution in [2.24, 2.45) is 0 Å². The average Bonchev–Trinajstić information content (AvgIpc) is 2.13. The van der Waals surface area contributed by atoms with Crippen molar-refractivity contribution in [2.75, 3.05) is 6.61 Å². The van der Waals surface area contributed by atoms with Crippen LogP contribution in [0.4, 0.5) is 4.39 Å². The molecule has 0 aromatic rings. The molecule has 78 valence electrons. The van der Waals surface area contributed by atoms with Crippen LogP contribution in [0.1, 0.15) is 13.8 Å². The van der Waals surface area contributed by atoms with E-state index in [2.05, 4.69) is 10.1 Å². The Labute approximate surface area is 81.8 Å². The first kappa shape index (κ1) is 12.4. The van der Waals surface area contributed by atoms with Crippen LogP contribution in [0.25, 0.3) is 0 Å². The first-order chi connectivity index (χ1) is 6.52. The second kappa shape index (κ2) is 5.97. The second-order valence-corrected chi connectivity index (χ2v) is 2.50. The molecular weight excluding hydrogens is 189 g/mol. The van der Waals surface area contributed by atoms with Crippen molar-refractivity contribution in [3.63, 3.8) is 0 Å². The van der Waals surface area contributed by atoms with E-state index >= 15 is 0 Å². The van der Waals surface area contributed by atoms with Gasteiger partial charge in [-0.15, -0.1) is 6.42 Å². The van der Waals surface area contributed by atoms with Crippen molar-refractivity contribution >= 4 is 11.9 Å². The van der Waals surface area contributed by atoms with Crippen molar-refractivity contribution in [3.8, 4) is 12.3 Å². The normalized spacial score (nSPS) is 13.6. The van der Waals surface area contributed by atoms with Crippen LogP contribution in [0.3, 0.4) is 0 Å². The van der Waals surface area contributed by atoms with Crippen molar-refractivity contribution in [1.82, 2.24) is 5.32 Å². The number of rotatable bonds is 4. The van der Waals surface area contributed by atoms with Gasteiger partial charge in [-0.3, -0.25) is 4.79 Å². The van der Waals surface area contributed by atoms with Crippen molar-refractivity contribution < 1.29 is 18.7 Å². The van der Waals surface area contributed by atoms with Gasteiger partial charge in [-0.05, 0) is 6.92 Å². The highest BCUT2D eigenvalue weighted by molar-refractivity contribution is 5.84. The van der Waals surface area contributed by atoms with Gasteiger partial charge in [-0.25, -0.2) is 9.18 Å². The smallest absolute Gasteiger partial charge is 0.332 e. The van der Waals surface area contributed by atoms with Crippen LogP contribution in [0.15, 0.2) is 0 Å². The summed E-state index contributed by atoms with van der Waals surface area (Å²) in [5, 5.41) is 2.08. The minimum atomic E-state index is -1.88. The number of hydrogen-bond acceptors (Lipinski definition) is 3. The molecule has 0 aromatic carbocycles. The van der Waals surface area contributed by atoms with Crippen LogP contribution < -0.4 is 5.32 Å². The highest BCUT2D eigenvalue weighted by Gasteiger charge is 2.28. The third kappa shape index (κ3) is 3.90. The molecule has 0 aliphatic carbocycles. The van der Waals surface area contributed by atoms with E-state index in [0.29, 0.717) is 0 Å². The van der Waals surface area contributed by atoms with Crippen LogP contribution in [0.2, 0.25) is 0 Å². The first-order valence-corrected chi connectivity index (χ1v) is 4.06. The van der Waals surface area contributed by atoms with Gasteiger partial charge in [0.1, 0.15) is 0 Å². The van der Waals surface area contributed by atoms with Gasteiger partial charge in [-0.2, -0.15) is 0 Å². The number of ether oxygens (including phenoxy) is 1. The molecule has 0 aliphatic heterocycles. The maximum atomic E-state index is 13.0. The van der Waals surface area contributed by atoms with Gasteiger partial charge in [0.2, 0.25) is 5.91 Å². The Hall–Kier alpha value is -1.57. The summed E-state index contributed by atoms with van der Waals surface area (Å²) in [6, 6.07) is -1.42. The molecule has 0 fully saturated rings. The fraction of sp³-hybridized carbons (Fsp3) is 0.556. The van der Waals surface area contributed by atoms with Gasteiger partial charge in [0.05, 0.1) is 6.61 Å². The van der Waals surface area contributed by atoms with Crippen molar-refractivity contribution in [2.45, 2.75) is 26.1 Å². The minimum Gasteiger partial charge on any atom is -0.464 e. The minimum absolute atomic E-state index is 0.103. The molecule has 0 saturated carbocycles. The summed E-state index contributed by atoms with van der Waals surface area (Å²) in [5.74, 6) is 0.319. The van der Waals surface area contributed by atoms with E-state index in [4.69, 9.17) is 6.42 Å². The molecule has 0 bridgehead atoms. The molecule has 0 aromatic heterocycles. The largest absolute Gasteiger partial charge is 0.464 e. The molecule has 0 spiro atoms. The molecule has 1 amide bonds. The molecule has 0 radical (unpaired) electrons. The first-order valence-electron chi connectivity index (χ1n) is 4.06. The lowest BCUT2D eigenvalue weighted by molar-refractivity contribution is -0.148. The Bertz CT molecular complexity index is 259. The molecule has 1 N–H and O–H groups in total. The summed E-state index contributed by atoms with van der Waals surface area (Å²) in [6.07, 6.45) is 2.92. The number of esters is 1.